The molecule has 2 atom stereocenters. The van der Waals surface area contributed by atoms with Gasteiger partial charge in [-0.15, -0.1) is 0 Å². The zero-order valence-electron chi connectivity index (χ0n) is 18.8. The number of nitrogens with one attached hydrogen (secondary N) is 1. The van der Waals surface area contributed by atoms with Crippen molar-refractivity contribution in [3.63, 3.8) is 0 Å². The van der Waals surface area contributed by atoms with Gasteiger partial charge in [0, 0.05) is 0 Å². The molecule has 0 radical (unpaired) electrons. The molecule has 2 aromatic carbocycles. The lowest BCUT2D eigenvalue weighted by Gasteiger charge is -2.24. The number of ether oxygens (including phenoxy) is 2. The van der Waals surface area contributed by atoms with Gasteiger partial charge in [-0.25, -0.2) is 0 Å². The first kappa shape index (κ1) is 22.8. The van der Waals surface area contributed by atoms with E-state index in [2.05, 4.69) is 51.2 Å². The molecule has 29 heavy (non-hydrogen) atoms. The lowest BCUT2D eigenvalue weighted by molar-refractivity contribution is -0.128. The Labute approximate surface area is 175 Å². The molecular formula is C25H35NO3. The molecule has 0 heterocycles. The Morgan fingerprint density at radius 3 is 2.17 bits per heavy atom. The topological polar surface area (TPSA) is 47.6 Å². The van der Waals surface area contributed by atoms with Gasteiger partial charge in [0.1, 0.15) is 11.5 Å². The van der Waals surface area contributed by atoms with Gasteiger partial charge in [0.05, 0.1) is 13.2 Å². The summed E-state index contributed by atoms with van der Waals surface area (Å²) in [4.78, 5) is 12.9. The van der Waals surface area contributed by atoms with Crippen molar-refractivity contribution in [1.82, 2.24) is 5.32 Å². The number of carbonyl (C=O) groups excluding carboxylic acids is 1. The molecule has 0 bridgehead atoms. The van der Waals surface area contributed by atoms with Crippen molar-refractivity contribution in [1.29, 1.82) is 0 Å². The van der Waals surface area contributed by atoms with Gasteiger partial charge in [-0.2, -0.15) is 0 Å². The summed E-state index contributed by atoms with van der Waals surface area (Å²) in [6.07, 6.45) is 0.878. The van der Waals surface area contributed by atoms with E-state index in [-0.39, 0.29) is 17.4 Å². The molecule has 1 amide bonds. The molecule has 0 fully saturated rings. The van der Waals surface area contributed by atoms with Crippen LogP contribution in [0.15, 0.2) is 42.5 Å². The lowest BCUT2D eigenvalue weighted by atomic mass is 9.87. The zero-order valence-corrected chi connectivity index (χ0v) is 18.8. The van der Waals surface area contributed by atoms with Crippen molar-refractivity contribution in [3.8, 4) is 11.5 Å². The van der Waals surface area contributed by atoms with E-state index >= 15 is 0 Å². The van der Waals surface area contributed by atoms with Gasteiger partial charge in [0.2, 0.25) is 0 Å². The van der Waals surface area contributed by atoms with Gasteiger partial charge in [0.25, 0.3) is 5.91 Å². The van der Waals surface area contributed by atoms with Crippen LogP contribution < -0.4 is 14.8 Å². The second kappa shape index (κ2) is 9.82. The Kier molecular flexibility index (Phi) is 7.72. The highest BCUT2D eigenvalue weighted by atomic mass is 16.5. The molecule has 0 aliphatic carbocycles. The number of aryl methyl sites for hydroxylation is 1. The van der Waals surface area contributed by atoms with E-state index in [0.29, 0.717) is 12.2 Å². The maximum atomic E-state index is 12.9. The highest BCUT2D eigenvalue weighted by molar-refractivity contribution is 5.81. The summed E-state index contributed by atoms with van der Waals surface area (Å²) in [6.45, 7) is 12.6. The average Bonchev–Trinajstić information content (AvgIpc) is 2.69. The fraction of sp³-hybridized carbons (Fsp3) is 0.480. The van der Waals surface area contributed by atoms with E-state index in [9.17, 15) is 4.79 Å². The minimum Gasteiger partial charge on any atom is -0.496 e. The van der Waals surface area contributed by atoms with Crippen LogP contribution in [0.25, 0.3) is 0 Å². The molecule has 158 valence electrons. The summed E-state index contributed by atoms with van der Waals surface area (Å²) in [5, 5.41) is 3.15. The van der Waals surface area contributed by atoms with Crippen molar-refractivity contribution in [2.75, 3.05) is 7.11 Å². The van der Waals surface area contributed by atoms with Crippen LogP contribution >= 0.6 is 0 Å². The smallest absolute Gasteiger partial charge is 0.261 e. The average molecular weight is 398 g/mol. The van der Waals surface area contributed by atoms with Crippen LogP contribution in [-0.2, 0) is 10.2 Å². The van der Waals surface area contributed by atoms with Gasteiger partial charge in [-0.3, -0.25) is 4.79 Å². The zero-order chi connectivity index (χ0) is 21.6. The normalized spacial score (nSPS) is 13.5. The fourth-order valence-corrected chi connectivity index (χ4v) is 3.32. The molecule has 0 unspecified atom stereocenters. The minimum absolute atomic E-state index is 0.0620. The molecule has 0 aliphatic rings. The highest BCUT2D eigenvalue weighted by Crippen LogP contribution is 2.26. The number of hydrogen-bond donors (Lipinski definition) is 1. The van der Waals surface area contributed by atoms with Crippen LogP contribution in [0.2, 0.25) is 0 Å². The van der Waals surface area contributed by atoms with Crippen molar-refractivity contribution in [3.05, 3.63) is 59.2 Å². The predicted octanol–water partition coefficient (Wildman–Crippen LogP) is 5.73. The van der Waals surface area contributed by atoms with Crippen LogP contribution in [0.5, 0.6) is 11.5 Å². The maximum absolute atomic E-state index is 12.9. The van der Waals surface area contributed by atoms with Crippen LogP contribution in [0.3, 0.4) is 0 Å². The van der Waals surface area contributed by atoms with E-state index in [0.717, 1.165) is 23.3 Å². The third-order valence-electron chi connectivity index (χ3n) is 5.21. The van der Waals surface area contributed by atoms with Gasteiger partial charge >= 0.3 is 0 Å². The Hall–Kier alpha value is -2.49. The SMILES string of the molecule is CC[C@H](Oc1ccc(C(C)(C)C)cc1)C(=O)N[C@H](CC)c1ccc(OC)c(C)c1. The van der Waals surface area contributed by atoms with E-state index in [4.69, 9.17) is 9.47 Å². The van der Waals surface area contributed by atoms with Crippen molar-refractivity contribution >= 4 is 5.91 Å². The van der Waals surface area contributed by atoms with Crippen LogP contribution in [0, 0.1) is 6.92 Å². The first-order chi connectivity index (χ1) is 13.7. The molecular weight excluding hydrogens is 362 g/mol. The predicted molar refractivity (Wildman–Crippen MR) is 119 cm³/mol. The molecule has 0 spiro atoms. The highest BCUT2D eigenvalue weighted by Gasteiger charge is 2.22. The molecule has 4 nitrogen and oxygen atoms in total. The van der Waals surface area contributed by atoms with Crippen molar-refractivity contribution in [2.45, 2.75) is 71.9 Å². The molecule has 4 heteroatoms. The Bertz CT molecular complexity index is 806. The van der Waals surface area contributed by atoms with Crippen molar-refractivity contribution < 1.29 is 14.3 Å². The van der Waals surface area contributed by atoms with Crippen LogP contribution in [0.1, 0.15) is 70.2 Å². The summed E-state index contributed by atoms with van der Waals surface area (Å²) in [7, 11) is 1.66. The number of methoxy groups -OCH3 is 1. The largest absolute Gasteiger partial charge is 0.496 e. The minimum atomic E-state index is -0.524. The standard InChI is InChI=1S/C25H35NO3/c1-8-21(18-10-15-23(28-7)17(3)16-18)26-24(27)22(9-2)29-20-13-11-19(12-14-20)25(4,5)6/h10-16,21-22H,8-9H2,1-7H3,(H,26,27)/t21-,22+/m1/s1. The monoisotopic (exact) mass is 397 g/mol. The molecule has 2 rings (SSSR count). The number of amides is 1. The van der Waals surface area contributed by atoms with Crippen LogP contribution in [-0.4, -0.2) is 19.1 Å². The van der Waals surface area contributed by atoms with E-state index in [1.54, 1.807) is 7.11 Å². The summed E-state index contributed by atoms with van der Waals surface area (Å²) in [5.74, 6) is 1.48. The Morgan fingerprint density at radius 1 is 1.03 bits per heavy atom. The van der Waals surface area contributed by atoms with Crippen molar-refractivity contribution in [2.24, 2.45) is 0 Å². The van der Waals surface area contributed by atoms with Gasteiger partial charge in [0.15, 0.2) is 6.10 Å². The molecule has 0 saturated heterocycles. The van der Waals surface area contributed by atoms with Gasteiger partial charge in [-0.05, 0) is 60.1 Å². The van der Waals surface area contributed by atoms with Gasteiger partial charge in [-0.1, -0.05) is 58.9 Å². The molecule has 0 saturated carbocycles. The van der Waals surface area contributed by atoms with Crippen LogP contribution in [0.4, 0.5) is 0 Å². The van der Waals surface area contributed by atoms with Gasteiger partial charge < -0.3 is 14.8 Å². The number of rotatable bonds is 8. The fourth-order valence-electron chi connectivity index (χ4n) is 3.32. The molecule has 1 N–H and O–H groups in total. The lowest BCUT2D eigenvalue weighted by Crippen LogP contribution is -2.40. The number of benzene rings is 2. The second-order valence-electron chi connectivity index (χ2n) is 8.49. The summed E-state index contributed by atoms with van der Waals surface area (Å²) >= 11 is 0. The first-order valence-electron chi connectivity index (χ1n) is 10.4. The summed E-state index contributed by atoms with van der Waals surface area (Å²) in [6, 6.07) is 14.0. The Balaban J connectivity index is 2.08. The number of carbonyl (C=O) groups is 1. The summed E-state index contributed by atoms with van der Waals surface area (Å²) < 4.78 is 11.3. The number of hydrogen-bond acceptors (Lipinski definition) is 3. The maximum Gasteiger partial charge on any atom is 0.261 e. The second-order valence-corrected chi connectivity index (χ2v) is 8.49. The first-order valence-corrected chi connectivity index (χ1v) is 10.4. The Morgan fingerprint density at radius 2 is 1.69 bits per heavy atom. The molecule has 0 aromatic heterocycles. The van der Waals surface area contributed by atoms with E-state index < -0.39 is 6.10 Å². The van der Waals surface area contributed by atoms with E-state index in [1.165, 1.54) is 5.56 Å². The summed E-state index contributed by atoms with van der Waals surface area (Å²) in [5.41, 5.74) is 3.46. The molecule has 0 aliphatic heterocycles. The quantitative estimate of drug-likeness (QED) is 0.619. The third kappa shape index (κ3) is 5.99. The van der Waals surface area contributed by atoms with E-state index in [1.807, 2.05) is 38.1 Å². The molecule has 2 aromatic rings. The third-order valence-corrected chi connectivity index (χ3v) is 5.21.